The molecule has 0 saturated heterocycles. The maximum Gasteiger partial charge on any atom is 0.158 e. The standard InChI is InChI=1S/C12H22O2/c1-2-7-11(13)10-14-12-8-5-3-4-6-9-12/h12H,2-10H2,1H3. The van der Waals surface area contributed by atoms with Gasteiger partial charge >= 0.3 is 0 Å². The molecule has 2 nitrogen and oxygen atoms in total. The van der Waals surface area contributed by atoms with Crippen LogP contribution in [0.15, 0.2) is 0 Å². The molecule has 0 spiro atoms. The molecule has 0 aromatic carbocycles. The molecular formula is C12H22O2. The molecule has 0 heterocycles. The summed E-state index contributed by atoms with van der Waals surface area (Å²) in [5.41, 5.74) is 0. The van der Waals surface area contributed by atoms with Gasteiger partial charge in [0.05, 0.1) is 6.10 Å². The van der Waals surface area contributed by atoms with E-state index in [-0.39, 0.29) is 5.78 Å². The van der Waals surface area contributed by atoms with Crippen molar-refractivity contribution >= 4 is 5.78 Å². The first-order valence-electron chi connectivity index (χ1n) is 5.96. The number of hydrogen-bond acceptors (Lipinski definition) is 2. The predicted octanol–water partition coefficient (Wildman–Crippen LogP) is 3.10. The van der Waals surface area contributed by atoms with E-state index in [0.29, 0.717) is 19.1 Å². The largest absolute Gasteiger partial charge is 0.370 e. The van der Waals surface area contributed by atoms with E-state index in [4.69, 9.17) is 4.74 Å². The summed E-state index contributed by atoms with van der Waals surface area (Å²) in [5, 5.41) is 0. The molecule has 0 atom stereocenters. The van der Waals surface area contributed by atoms with Crippen molar-refractivity contribution in [2.45, 2.75) is 64.4 Å². The molecule has 1 aliphatic rings. The molecule has 82 valence electrons. The third-order valence-electron chi connectivity index (χ3n) is 2.81. The highest BCUT2D eigenvalue weighted by Crippen LogP contribution is 2.19. The second-order valence-electron chi connectivity index (χ2n) is 4.21. The Kier molecular flexibility index (Phi) is 5.85. The monoisotopic (exact) mass is 198 g/mol. The highest BCUT2D eigenvalue weighted by molar-refractivity contribution is 5.79. The quantitative estimate of drug-likeness (QED) is 0.634. The molecular weight excluding hydrogens is 176 g/mol. The molecule has 0 radical (unpaired) electrons. The number of carbonyl (C=O) groups excluding carboxylic acids is 1. The van der Waals surface area contributed by atoms with E-state index in [1.165, 1.54) is 25.7 Å². The summed E-state index contributed by atoms with van der Waals surface area (Å²) < 4.78 is 5.63. The van der Waals surface area contributed by atoms with Crippen molar-refractivity contribution in [3.63, 3.8) is 0 Å². The summed E-state index contributed by atoms with van der Waals surface area (Å²) >= 11 is 0. The van der Waals surface area contributed by atoms with E-state index in [1.54, 1.807) is 0 Å². The fourth-order valence-corrected chi connectivity index (χ4v) is 1.97. The van der Waals surface area contributed by atoms with Crippen LogP contribution < -0.4 is 0 Å². The Morgan fingerprint density at radius 1 is 1.21 bits per heavy atom. The molecule has 0 unspecified atom stereocenters. The molecule has 0 amide bonds. The van der Waals surface area contributed by atoms with Gasteiger partial charge < -0.3 is 4.74 Å². The smallest absolute Gasteiger partial charge is 0.158 e. The first-order valence-corrected chi connectivity index (χ1v) is 5.96. The van der Waals surface area contributed by atoms with E-state index < -0.39 is 0 Å². The van der Waals surface area contributed by atoms with Gasteiger partial charge in [0, 0.05) is 6.42 Å². The van der Waals surface area contributed by atoms with Gasteiger partial charge in [0.1, 0.15) is 6.61 Å². The van der Waals surface area contributed by atoms with E-state index >= 15 is 0 Å². The van der Waals surface area contributed by atoms with E-state index in [0.717, 1.165) is 19.3 Å². The average molecular weight is 198 g/mol. The van der Waals surface area contributed by atoms with Crippen LogP contribution in [0.5, 0.6) is 0 Å². The molecule has 2 heteroatoms. The van der Waals surface area contributed by atoms with Crippen molar-refractivity contribution in [3.8, 4) is 0 Å². The summed E-state index contributed by atoms with van der Waals surface area (Å²) in [5.74, 6) is 0.261. The van der Waals surface area contributed by atoms with Crippen LogP contribution >= 0.6 is 0 Å². The molecule has 0 aromatic rings. The fraction of sp³-hybridized carbons (Fsp3) is 0.917. The van der Waals surface area contributed by atoms with Crippen molar-refractivity contribution < 1.29 is 9.53 Å². The maximum absolute atomic E-state index is 11.2. The molecule has 0 bridgehead atoms. The zero-order valence-electron chi connectivity index (χ0n) is 9.26. The topological polar surface area (TPSA) is 26.3 Å². The van der Waals surface area contributed by atoms with Crippen LogP contribution in [-0.2, 0) is 9.53 Å². The summed E-state index contributed by atoms with van der Waals surface area (Å²) in [6, 6.07) is 0. The first-order chi connectivity index (χ1) is 6.83. The number of rotatable bonds is 5. The summed E-state index contributed by atoms with van der Waals surface area (Å²) in [7, 11) is 0. The number of carbonyl (C=O) groups is 1. The van der Waals surface area contributed by atoms with Gasteiger partial charge in [0.15, 0.2) is 5.78 Å². The molecule has 0 aliphatic heterocycles. The lowest BCUT2D eigenvalue weighted by Gasteiger charge is -2.14. The van der Waals surface area contributed by atoms with Gasteiger partial charge in [0.2, 0.25) is 0 Å². The zero-order valence-corrected chi connectivity index (χ0v) is 9.26. The van der Waals surface area contributed by atoms with E-state index in [1.807, 2.05) is 6.92 Å². The second kappa shape index (κ2) is 6.99. The van der Waals surface area contributed by atoms with Crippen LogP contribution in [0.2, 0.25) is 0 Å². The van der Waals surface area contributed by atoms with E-state index in [9.17, 15) is 4.79 Å². The molecule has 0 aromatic heterocycles. The Balaban J connectivity index is 2.12. The lowest BCUT2D eigenvalue weighted by Crippen LogP contribution is -2.17. The third-order valence-corrected chi connectivity index (χ3v) is 2.81. The normalized spacial score (nSPS) is 19.2. The highest BCUT2D eigenvalue weighted by atomic mass is 16.5. The zero-order chi connectivity index (χ0) is 10.2. The lowest BCUT2D eigenvalue weighted by molar-refractivity contribution is -0.125. The van der Waals surface area contributed by atoms with Crippen LogP contribution in [0.1, 0.15) is 58.3 Å². The minimum absolute atomic E-state index is 0.261. The van der Waals surface area contributed by atoms with Crippen LogP contribution in [-0.4, -0.2) is 18.5 Å². The Hall–Kier alpha value is -0.370. The molecule has 1 fully saturated rings. The highest BCUT2D eigenvalue weighted by Gasteiger charge is 2.13. The van der Waals surface area contributed by atoms with Crippen molar-refractivity contribution in [1.29, 1.82) is 0 Å². The SMILES string of the molecule is CCCC(=O)COC1CCCCCC1. The van der Waals surface area contributed by atoms with Crippen LogP contribution in [0.4, 0.5) is 0 Å². The van der Waals surface area contributed by atoms with Gasteiger partial charge in [-0.05, 0) is 19.3 Å². The molecule has 14 heavy (non-hydrogen) atoms. The minimum Gasteiger partial charge on any atom is -0.370 e. The number of ether oxygens (including phenoxy) is 1. The first kappa shape index (κ1) is 11.7. The van der Waals surface area contributed by atoms with Crippen LogP contribution in [0.3, 0.4) is 0 Å². The van der Waals surface area contributed by atoms with Gasteiger partial charge in [-0.3, -0.25) is 4.79 Å². The molecule has 1 aliphatic carbocycles. The maximum atomic E-state index is 11.2. The summed E-state index contributed by atoms with van der Waals surface area (Å²) in [4.78, 5) is 11.2. The molecule has 1 rings (SSSR count). The predicted molar refractivity (Wildman–Crippen MR) is 57.4 cm³/mol. The summed E-state index contributed by atoms with van der Waals surface area (Å²) in [6.45, 7) is 2.38. The van der Waals surface area contributed by atoms with Gasteiger partial charge in [-0.25, -0.2) is 0 Å². The average Bonchev–Trinajstić information content (AvgIpc) is 2.43. The van der Waals surface area contributed by atoms with Crippen molar-refractivity contribution in [2.24, 2.45) is 0 Å². The number of ketones is 1. The van der Waals surface area contributed by atoms with Crippen molar-refractivity contribution in [1.82, 2.24) is 0 Å². The van der Waals surface area contributed by atoms with E-state index in [2.05, 4.69) is 0 Å². The van der Waals surface area contributed by atoms with Crippen LogP contribution in [0, 0.1) is 0 Å². The molecule has 0 N–H and O–H groups in total. The minimum atomic E-state index is 0.261. The van der Waals surface area contributed by atoms with Gasteiger partial charge in [0.25, 0.3) is 0 Å². The van der Waals surface area contributed by atoms with Crippen molar-refractivity contribution in [2.75, 3.05) is 6.61 Å². The Labute approximate surface area is 87.0 Å². The Morgan fingerprint density at radius 3 is 2.43 bits per heavy atom. The number of Topliss-reactive ketones (excluding diaryl/α,β-unsaturated/α-hetero) is 1. The Morgan fingerprint density at radius 2 is 1.86 bits per heavy atom. The Bertz CT molecular complexity index is 158. The van der Waals surface area contributed by atoms with Crippen molar-refractivity contribution in [3.05, 3.63) is 0 Å². The van der Waals surface area contributed by atoms with Gasteiger partial charge in [-0.15, -0.1) is 0 Å². The van der Waals surface area contributed by atoms with Gasteiger partial charge in [-0.2, -0.15) is 0 Å². The second-order valence-corrected chi connectivity index (χ2v) is 4.21. The summed E-state index contributed by atoms with van der Waals surface area (Å²) in [6.07, 6.45) is 9.49. The van der Waals surface area contributed by atoms with Crippen LogP contribution in [0.25, 0.3) is 0 Å². The number of hydrogen-bond donors (Lipinski definition) is 0. The van der Waals surface area contributed by atoms with Gasteiger partial charge in [-0.1, -0.05) is 32.6 Å². The lowest BCUT2D eigenvalue weighted by atomic mass is 10.1. The molecule has 1 saturated carbocycles. The third kappa shape index (κ3) is 4.75. The fourth-order valence-electron chi connectivity index (χ4n) is 1.97.